The van der Waals surface area contributed by atoms with Gasteiger partial charge in [-0.2, -0.15) is 0 Å². The molecule has 4 N–H and O–H groups in total. The number of hydrogen-bond donors (Lipinski definition) is 4. The second-order valence-electron chi connectivity index (χ2n) is 18.8. The Morgan fingerprint density at radius 1 is 0.895 bits per heavy atom. The van der Waals surface area contributed by atoms with E-state index in [1.54, 1.807) is 48.5 Å². The van der Waals surface area contributed by atoms with Gasteiger partial charge in [-0.05, 0) is 90.0 Å². The number of nitrogens with one attached hydrogen (secondary N) is 4. The molecule has 2 saturated heterocycles. The number of sulfonamides is 1. The van der Waals surface area contributed by atoms with Crippen LogP contribution in [0.25, 0.3) is 33.2 Å². The van der Waals surface area contributed by atoms with Crippen LogP contribution in [0.1, 0.15) is 55.0 Å². The minimum absolute atomic E-state index is 0.0481. The van der Waals surface area contributed by atoms with Crippen LogP contribution in [0.5, 0.6) is 5.88 Å². The molecule has 6 aromatic rings. The van der Waals surface area contributed by atoms with Crippen molar-refractivity contribution in [3.63, 3.8) is 0 Å². The van der Waals surface area contributed by atoms with E-state index < -0.39 is 81.4 Å². The molecule has 3 aromatic carbocycles. The van der Waals surface area contributed by atoms with E-state index in [0.717, 1.165) is 50.2 Å². The van der Waals surface area contributed by atoms with Crippen molar-refractivity contribution < 1.29 is 59.4 Å². The Balaban J connectivity index is 0.717. The Morgan fingerprint density at radius 3 is 2.43 bits per heavy atom. The number of alkyl carbamates (subject to hydrolysis) is 1. The molecule has 3 aliphatic heterocycles. The highest BCUT2D eigenvalue weighted by molar-refractivity contribution is 7.92. The fourth-order valence-corrected chi connectivity index (χ4v) is 10.8. The summed E-state index contributed by atoms with van der Waals surface area (Å²) in [5, 5.41) is 8.71. The first kappa shape index (κ1) is 52.6. The number of benzene rings is 3. The smallest absolute Gasteiger partial charge is 0.407 e. The number of aromatic nitrogens is 3. The summed E-state index contributed by atoms with van der Waals surface area (Å²) in [6.07, 6.45) is 4.05. The van der Waals surface area contributed by atoms with E-state index in [1.165, 1.54) is 19.4 Å². The fourth-order valence-electron chi connectivity index (χ4n) is 9.71. The molecule has 2 fully saturated rings. The van der Waals surface area contributed by atoms with Crippen LogP contribution in [0.4, 0.5) is 28.0 Å². The van der Waals surface area contributed by atoms with Crippen LogP contribution < -0.4 is 25.4 Å². The highest BCUT2D eigenvalue weighted by Gasteiger charge is 2.48. The molecule has 0 spiro atoms. The first-order valence-electron chi connectivity index (χ1n) is 24.2. The predicted molar refractivity (Wildman–Crippen MR) is 268 cm³/mol. The van der Waals surface area contributed by atoms with Crippen LogP contribution in [0.2, 0.25) is 0 Å². The quantitative estimate of drug-likeness (QED) is 0.0573. The lowest BCUT2D eigenvalue weighted by Gasteiger charge is -2.24. The summed E-state index contributed by atoms with van der Waals surface area (Å²) in [5.41, 5.74) is 6.36. The number of carbonyl (C=O) groups excluding carboxylic acids is 5. The molecule has 3 atom stereocenters. The maximum Gasteiger partial charge on any atom is 0.407 e. The third-order valence-electron chi connectivity index (χ3n) is 13.5. The zero-order valence-electron chi connectivity index (χ0n) is 41.1. The van der Waals surface area contributed by atoms with E-state index in [1.807, 2.05) is 30.3 Å². The van der Waals surface area contributed by atoms with Crippen LogP contribution in [0, 0.1) is 17.6 Å². The number of anilines is 1. The molecule has 76 heavy (non-hydrogen) atoms. The van der Waals surface area contributed by atoms with Crippen molar-refractivity contribution in [1.82, 2.24) is 40.7 Å². The molecule has 6 heterocycles. The van der Waals surface area contributed by atoms with Crippen molar-refractivity contribution >= 4 is 56.3 Å². The summed E-state index contributed by atoms with van der Waals surface area (Å²) >= 11 is 0. The van der Waals surface area contributed by atoms with Gasteiger partial charge in [0.25, 0.3) is 15.9 Å². The van der Waals surface area contributed by atoms with Gasteiger partial charge in [-0.15, -0.1) is 0 Å². The van der Waals surface area contributed by atoms with E-state index >= 15 is 0 Å². The maximum absolute atomic E-state index is 14.5. The van der Waals surface area contributed by atoms with E-state index in [2.05, 4.69) is 35.6 Å². The molecule has 3 aliphatic rings. The lowest BCUT2D eigenvalue weighted by Crippen LogP contribution is -2.46. The molecular weight excluding hydrogens is 1010 g/mol. The number of pyridine rings is 3. The standard InChI is InChI=1S/C53H51F4N9O9S/c1-30-23-53(56,57)29-66(30)51(70)45-19-35(49(69)63-45)21-48(68)65-26-34-5-3-4-31(41(34)27-65)8-13-47(67)59-16-17-60-52(71)75-28-38-10-6-33(24-61-38)39-14-15-58-43-11-7-32(18-40(39)43)36-20-44(50(74-2)62-25-36)64-76(72,73)46-12-9-37(54)22-42(46)55/h3-7,9-12,14-15,18,20,22,24-25,30,35,45,64H,8,13,16-17,19,21,23,26-29H2,1-2H3,(H,59,67)(H,60,71)(H,63,69)/t30-,35+,45+/m1/s1. The van der Waals surface area contributed by atoms with Gasteiger partial charge in [0, 0.05) is 98.6 Å². The van der Waals surface area contributed by atoms with Gasteiger partial charge in [-0.3, -0.25) is 33.9 Å². The number of likely N-dealkylation sites (tertiary alicyclic amines) is 1. The molecule has 9 rings (SSSR count). The van der Waals surface area contributed by atoms with Crippen molar-refractivity contribution in [2.75, 3.05) is 31.5 Å². The average Bonchev–Trinajstić information content (AvgIpc) is 4.10. The number of methoxy groups -OCH3 is 1. The fraction of sp³-hybridized carbons (Fsp3) is 0.321. The second-order valence-corrected chi connectivity index (χ2v) is 20.5. The van der Waals surface area contributed by atoms with Gasteiger partial charge < -0.3 is 35.2 Å². The largest absolute Gasteiger partial charge is 0.480 e. The zero-order chi connectivity index (χ0) is 53.9. The van der Waals surface area contributed by atoms with Crippen molar-refractivity contribution in [2.45, 2.75) is 81.6 Å². The third kappa shape index (κ3) is 11.8. The molecule has 0 radical (unpaired) electrons. The number of fused-ring (bicyclic) bond motifs is 2. The highest BCUT2D eigenvalue weighted by Crippen LogP contribution is 2.37. The van der Waals surface area contributed by atoms with Crippen LogP contribution in [0.15, 0.2) is 102 Å². The lowest BCUT2D eigenvalue weighted by atomic mass is 9.98. The van der Waals surface area contributed by atoms with Gasteiger partial charge in [-0.25, -0.2) is 35.8 Å². The van der Waals surface area contributed by atoms with E-state index in [4.69, 9.17) is 9.47 Å². The summed E-state index contributed by atoms with van der Waals surface area (Å²) in [6, 6.07) is 18.4. The molecule has 23 heteroatoms. The van der Waals surface area contributed by atoms with Crippen LogP contribution in [-0.2, 0) is 60.1 Å². The molecule has 396 valence electrons. The Bertz CT molecular complexity index is 3370. The van der Waals surface area contributed by atoms with Gasteiger partial charge in [0.05, 0.1) is 24.9 Å². The number of aryl methyl sites for hydroxylation is 1. The summed E-state index contributed by atoms with van der Waals surface area (Å²) in [7, 11) is -3.22. The van der Waals surface area contributed by atoms with Crippen molar-refractivity contribution in [2.24, 2.45) is 5.92 Å². The summed E-state index contributed by atoms with van der Waals surface area (Å²) in [6.45, 7) is 1.55. The molecular formula is C53H51F4N9O9S. The minimum atomic E-state index is -4.51. The van der Waals surface area contributed by atoms with Gasteiger partial charge in [0.15, 0.2) is 0 Å². The Hall–Kier alpha value is -8.21. The van der Waals surface area contributed by atoms with Crippen LogP contribution in [-0.4, -0.2) is 108 Å². The van der Waals surface area contributed by atoms with Crippen LogP contribution in [0.3, 0.4) is 0 Å². The average molecular weight is 1070 g/mol. The molecule has 3 aromatic heterocycles. The lowest BCUT2D eigenvalue weighted by molar-refractivity contribution is -0.136. The monoisotopic (exact) mass is 1070 g/mol. The molecule has 18 nitrogen and oxygen atoms in total. The van der Waals surface area contributed by atoms with E-state index in [-0.39, 0.29) is 68.9 Å². The van der Waals surface area contributed by atoms with Gasteiger partial charge >= 0.3 is 6.09 Å². The summed E-state index contributed by atoms with van der Waals surface area (Å²) in [5.74, 6) is -7.57. The Labute approximate surface area is 433 Å². The van der Waals surface area contributed by atoms with E-state index in [9.17, 15) is 50.0 Å². The molecule has 0 saturated carbocycles. The number of ether oxygens (including phenoxy) is 2. The number of hydrogen-bond acceptors (Lipinski definition) is 12. The second kappa shape index (κ2) is 21.9. The molecule has 5 amide bonds. The van der Waals surface area contributed by atoms with Crippen LogP contribution >= 0.6 is 0 Å². The number of alkyl halides is 2. The molecule has 0 bridgehead atoms. The molecule has 0 aliphatic carbocycles. The predicted octanol–water partition coefficient (Wildman–Crippen LogP) is 6.41. The van der Waals surface area contributed by atoms with E-state index in [0.29, 0.717) is 41.4 Å². The number of amides is 5. The summed E-state index contributed by atoms with van der Waals surface area (Å²) in [4.78, 5) is 79.7. The van der Waals surface area contributed by atoms with Gasteiger partial charge in [0.2, 0.25) is 29.5 Å². The number of rotatable bonds is 17. The normalized spacial score (nSPS) is 17.8. The number of halogens is 4. The van der Waals surface area contributed by atoms with Crippen molar-refractivity contribution in [1.29, 1.82) is 0 Å². The minimum Gasteiger partial charge on any atom is -0.480 e. The molecule has 0 unspecified atom stereocenters. The first-order valence-corrected chi connectivity index (χ1v) is 25.7. The van der Waals surface area contributed by atoms with Gasteiger partial charge in [-0.1, -0.05) is 30.3 Å². The first-order chi connectivity index (χ1) is 36.3. The zero-order valence-corrected chi connectivity index (χ0v) is 41.9. The highest BCUT2D eigenvalue weighted by atomic mass is 32.2. The number of carbonyl (C=O) groups is 5. The van der Waals surface area contributed by atoms with Crippen molar-refractivity contribution in [3.8, 4) is 28.1 Å². The summed E-state index contributed by atoms with van der Waals surface area (Å²) < 4.78 is 95.0. The van der Waals surface area contributed by atoms with Crippen molar-refractivity contribution in [3.05, 3.63) is 131 Å². The SMILES string of the molecule is COc1ncc(-c2ccc3nccc(-c4ccc(COC(=O)NCCNC(=O)CCc5cccc6c5CN(C(=O)C[C@@H]5C[C@@H](C(=O)N7CC(F)(F)C[C@H]7C)NC5=O)C6)nc4)c3c2)cc1NS(=O)(=O)c1ccc(F)cc1F. The Kier molecular flexibility index (Phi) is 15.2. The number of nitrogens with zero attached hydrogens (tertiary/aromatic N) is 5. The third-order valence-corrected chi connectivity index (χ3v) is 14.9. The maximum atomic E-state index is 14.5. The topological polar surface area (TPSA) is 231 Å². The Morgan fingerprint density at radius 2 is 1.68 bits per heavy atom. The van der Waals surface area contributed by atoms with Gasteiger partial charge in [0.1, 0.15) is 34.9 Å².